The van der Waals surface area contributed by atoms with Crippen LogP contribution in [0.5, 0.6) is 0 Å². The van der Waals surface area contributed by atoms with Crippen molar-refractivity contribution in [1.82, 2.24) is 38.1 Å². The fourth-order valence-electron chi connectivity index (χ4n) is 13.7. The third kappa shape index (κ3) is 33.4. The average molecular weight is 1840 g/mol. The van der Waals surface area contributed by atoms with E-state index in [9.17, 15) is 67.4 Å². The van der Waals surface area contributed by atoms with E-state index in [0.29, 0.717) is 0 Å². The van der Waals surface area contributed by atoms with Crippen molar-refractivity contribution in [2.45, 2.75) is 142 Å². The molecule has 31 heteroatoms. The minimum atomic E-state index is -1.24. The number of amides is 6. The van der Waals surface area contributed by atoms with Gasteiger partial charge >= 0.3 is 41.9 Å². The highest BCUT2D eigenvalue weighted by atomic mass is 32.2. The summed E-state index contributed by atoms with van der Waals surface area (Å²) in [6.07, 6.45) is 3.06. The highest BCUT2D eigenvalue weighted by molar-refractivity contribution is 8.01. The molecule has 0 spiro atoms. The van der Waals surface area contributed by atoms with Gasteiger partial charge < -0.3 is 72.3 Å². The number of carboxylic acids is 3. The topological polar surface area (TPSA) is 444 Å². The van der Waals surface area contributed by atoms with E-state index in [1.54, 1.807) is 12.1 Å². The number of nitrogens with one attached hydrogen (secondary N) is 6. The second-order valence-electron chi connectivity index (χ2n) is 29.4. The van der Waals surface area contributed by atoms with E-state index in [1.807, 2.05) is 287 Å². The normalized spacial score (nSPS) is 19.8. The molecule has 0 saturated carbocycles. The summed E-state index contributed by atoms with van der Waals surface area (Å²) in [6.45, 7) is 7.34. The second-order valence-corrected chi connectivity index (χ2v) is 32.7. The first-order valence-corrected chi connectivity index (χ1v) is 42.2. The Morgan fingerprint density at radius 3 is 1.16 bits per heavy atom. The third-order valence-corrected chi connectivity index (χ3v) is 23.0. The van der Waals surface area contributed by atoms with Gasteiger partial charge in [0.05, 0.1) is 75.1 Å². The molecule has 6 heterocycles. The number of thiol groups is 1. The lowest BCUT2D eigenvalue weighted by Crippen LogP contribution is -2.41. The van der Waals surface area contributed by atoms with Gasteiger partial charge in [0.2, 0.25) is 29.5 Å². The number of ether oxygens (including phenoxy) is 4. The molecule has 12 N–H and O–H groups in total. The Bertz CT molecular complexity index is 5390. The molecule has 6 aliphatic rings. The summed E-state index contributed by atoms with van der Waals surface area (Å²) in [5.74, 6) is -6.46. The summed E-state index contributed by atoms with van der Waals surface area (Å²) in [5, 5.41) is 43.2. The monoisotopic (exact) mass is 1840 g/mol. The molecule has 0 aliphatic carbocycles. The molecule has 6 amide bonds. The van der Waals surface area contributed by atoms with Crippen molar-refractivity contribution >= 4 is 120 Å². The Morgan fingerprint density at radius 2 is 0.794 bits per heavy atom. The molecule has 5 fully saturated rings. The molecule has 0 aromatic heterocycles. The number of benzene rings is 10. The van der Waals surface area contributed by atoms with E-state index < -0.39 is 75.4 Å². The van der Waals surface area contributed by atoms with Crippen LogP contribution in [0.1, 0.15) is 145 Å². The number of alkyl carbamates (subject to hydrolysis) is 1. The van der Waals surface area contributed by atoms with Crippen molar-refractivity contribution in [3.8, 4) is 0 Å². The Kier molecular flexibility index (Phi) is 44.3. The lowest BCUT2D eigenvalue weighted by atomic mass is 9.93. The first-order chi connectivity index (χ1) is 61.4. The van der Waals surface area contributed by atoms with Gasteiger partial charge in [0.15, 0.2) is 9.49 Å². The van der Waals surface area contributed by atoms with Gasteiger partial charge in [-0.25, -0.2) is 14.4 Å². The van der Waals surface area contributed by atoms with Gasteiger partial charge in [0, 0.05) is 58.6 Å². The summed E-state index contributed by atoms with van der Waals surface area (Å²) in [4.78, 5) is 159. The van der Waals surface area contributed by atoms with Crippen LogP contribution in [-0.2, 0) is 83.1 Å². The van der Waals surface area contributed by atoms with Gasteiger partial charge in [0.1, 0.15) is 12.9 Å². The maximum absolute atomic E-state index is 12.7. The summed E-state index contributed by atoms with van der Waals surface area (Å²) >= 11 is 6.76. The third-order valence-electron chi connectivity index (χ3n) is 19.9. The van der Waals surface area contributed by atoms with E-state index >= 15 is 0 Å². The average Bonchev–Trinajstić information content (AvgIpc) is 1.63. The molecule has 28 nitrogen and oxygen atoms in total. The molecule has 10 aromatic carbocycles. The van der Waals surface area contributed by atoms with Gasteiger partial charge in [-0.2, -0.15) is 0 Å². The molecule has 131 heavy (non-hydrogen) atoms. The minimum absolute atomic E-state index is 0. The molecular weight excluding hydrogens is 1730 g/mol. The molecule has 6 unspecified atom stereocenters. The number of carbonyl (C=O) groups excluding carboxylic acids is 11. The number of carbonyl (C=O) groups is 14. The fourth-order valence-corrected chi connectivity index (χ4v) is 16.5. The van der Waals surface area contributed by atoms with Crippen LogP contribution in [-0.4, -0.2) is 129 Å². The van der Waals surface area contributed by atoms with Crippen molar-refractivity contribution in [3.05, 3.63) is 353 Å². The number of methoxy groups -OCH3 is 2. The summed E-state index contributed by atoms with van der Waals surface area (Å²) in [7, 11) is 2.71. The minimum Gasteiger partial charge on any atom is -0.481 e. The number of cyclic esters (lactones) is 2. The highest BCUT2D eigenvalue weighted by Gasteiger charge is 2.56. The number of thioether (sulfide) groups is 2. The van der Waals surface area contributed by atoms with Crippen LogP contribution in [0.25, 0.3) is 0 Å². The van der Waals surface area contributed by atoms with Gasteiger partial charge in [-0.05, 0) is 90.6 Å². The van der Waals surface area contributed by atoms with Gasteiger partial charge in [-0.1, -0.05) is 280 Å². The van der Waals surface area contributed by atoms with E-state index in [-0.39, 0.29) is 119 Å². The largest absolute Gasteiger partial charge is 0.481 e. The lowest BCUT2D eigenvalue weighted by Gasteiger charge is -2.31. The molecule has 0 radical (unpaired) electrons. The van der Waals surface area contributed by atoms with Crippen LogP contribution in [0, 0.1) is 32.6 Å². The Balaban J connectivity index is 0.000000270. The number of aliphatic carboxylic acids is 3. The zero-order chi connectivity index (χ0) is 92.7. The van der Waals surface area contributed by atoms with Crippen molar-refractivity contribution in [2.24, 2.45) is 11.8 Å². The number of hydrogen-bond acceptors (Lipinski definition) is 22. The molecule has 688 valence electrons. The van der Waals surface area contributed by atoms with Crippen molar-refractivity contribution in [3.63, 3.8) is 0 Å². The van der Waals surface area contributed by atoms with E-state index in [0.717, 1.165) is 90.1 Å². The van der Waals surface area contributed by atoms with Crippen LogP contribution < -0.4 is 38.1 Å². The molecule has 0 bridgehead atoms. The van der Waals surface area contributed by atoms with Crippen LogP contribution in [0.15, 0.2) is 312 Å². The van der Waals surface area contributed by atoms with Crippen LogP contribution >= 0.6 is 36.2 Å². The molecule has 16 rings (SSSR count). The number of rotatable bonds is 17. The number of esters is 4. The molecule has 10 atom stereocenters. The van der Waals surface area contributed by atoms with Gasteiger partial charge in [-0.15, -0.1) is 36.2 Å². The Hall–Kier alpha value is -14.3. The molecular formula is C100H109N7O21S3. The maximum Gasteiger partial charge on any atom is 0.407 e. The summed E-state index contributed by atoms with van der Waals surface area (Å²) in [6, 6.07) is 87.1. The number of carboxylic acid groups (broad SMARTS) is 3. The number of hydrogen-bond donors (Lipinski definition) is 11. The predicted octanol–water partition coefficient (Wildman–Crippen LogP) is 15.9. The lowest BCUT2D eigenvalue weighted by molar-refractivity contribution is -0.150. The van der Waals surface area contributed by atoms with E-state index in [2.05, 4.69) is 56.2 Å². The second kappa shape index (κ2) is 54.1. The molecule has 5 saturated heterocycles. The molecule has 10 aromatic rings. The Labute approximate surface area is 775 Å². The highest BCUT2D eigenvalue weighted by Crippen LogP contribution is 2.50. The predicted molar refractivity (Wildman–Crippen MR) is 501 cm³/mol. The SMILES string of the molecule is C.C.CC(=O)O.COC(=O)C1CC(=O)NC1c1ccccc1.COC(=O)[C@@]1(Sc2ccc(C)cc2)CC(=O)NC1c1ccccc1.Cc1ccc(S)cc1.Cc1ccc(S[C@]2(C(=O)O)CC(=O)NC2c2ccccc2)cc1.N.O=C1C=CC(=O)O1.O=C1C[C@H](C(=O)O)C(c2ccccc2)N1.O=C1C[C@H](NC(=O)OCc2ccccc2)C(c2ccccc2)N1.O=Cc1ccccc1. The van der Waals surface area contributed by atoms with Gasteiger partial charge in [0.25, 0.3) is 5.97 Å². The Morgan fingerprint density at radius 1 is 0.450 bits per heavy atom. The quantitative estimate of drug-likeness (QED) is 0.0133. The van der Waals surface area contributed by atoms with Crippen LogP contribution in [0.3, 0.4) is 0 Å². The zero-order valence-electron chi connectivity index (χ0n) is 71.4. The van der Waals surface area contributed by atoms with Crippen molar-refractivity contribution < 1.29 is 101 Å². The van der Waals surface area contributed by atoms with E-state index in [1.165, 1.54) is 43.3 Å². The summed E-state index contributed by atoms with van der Waals surface area (Å²) in [5.41, 5.74) is 9.63. The van der Waals surface area contributed by atoms with Crippen LogP contribution in [0.4, 0.5) is 4.79 Å². The number of aldehydes is 1. The number of aryl methyl sites for hydroxylation is 3. The van der Waals surface area contributed by atoms with E-state index in [4.69, 9.17) is 29.2 Å². The first-order valence-electron chi connectivity index (χ1n) is 40.1. The zero-order valence-corrected chi connectivity index (χ0v) is 73.9. The summed E-state index contributed by atoms with van der Waals surface area (Å²) < 4.78 is 16.7. The van der Waals surface area contributed by atoms with Crippen molar-refractivity contribution in [2.75, 3.05) is 14.2 Å². The van der Waals surface area contributed by atoms with Crippen LogP contribution in [0.2, 0.25) is 0 Å². The maximum atomic E-state index is 12.7. The smallest absolute Gasteiger partial charge is 0.407 e. The molecule has 6 aliphatic heterocycles. The first kappa shape index (κ1) is 107. The van der Waals surface area contributed by atoms with Crippen molar-refractivity contribution in [1.29, 1.82) is 0 Å². The fraction of sp³-hybridized carbons (Fsp3) is 0.240. The standard InChI is InChI=1S/C19H19NO3S.C18H18N2O3.C18H17NO3S.C12H13NO3.C11H11NO3.C7H6O.C7H8S.C4H2O3.C2H4O2.2CH4.H3N/c1-13-8-10-15(11-9-13)24-19(18(22)23-2)12-16(21)20-17(19)14-6-4-3-5-7-14;21-16-11-15(17(20-16)14-9-5-2-6-10-14)19-18(22)23-12-13-7-3-1-4-8-13;1-12-7-9-14(10-8-12)23-18(17(21)22)11-15(20)19-16(18)13-5-3-2-4-6-13;1-16-12(15)9-7-10(14)13-11(9)8-5-3-2-4-6-8;13-9-6-8(11(14)15)10(12-9)7-4-2-1-3-5-7;8-6-7-4-2-1-3-5-7;1-6-2-4-7(8)5-3-6;5-3-1-2-4(6)7-3;1-2(3)4;;;/h3-11,17H,12H2,1-2H3,(H,20,21);1-10,15,17H,11-12H2,(H,19,22)(H,20,21);2-10,16H,11H2,1H3,(H,19,20)(H,21,22);2-6,9,11H,7H2,1H3,(H,13,14);1-5,8,10H,6H2,(H,12,13)(H,14,15);1-6H;2-5,8H,1H3;1-2H;1H3,(H,3,4);2*1H4;1H3/t17?,19-;15-,17?;16?,18-;;8-,10?;;;;;;;/m101.0......./s1. The van der Waals surface area contributed by atoms with Gasteiger partial charge in [-0.3, -0.25) is 52.7 Å².